The van der Waals surface area contributed by atoms with E-state index in [1.165, 1.54) is 0 Å². The number of Topliss-reactive ketones (excluding diaryl/α,β-unsaturated/α-hetero) is 1. The Balaban J connectivity index is 1.65. The highest BCUT2D eigenvalue weighted by atomic mass is 32.1. The Hall–Kier alpha value is -2.53. The summed E-state index contributed by atoms with van der Waals surface area (Å²) in [4.78, 5) is 30.9. The van der Waals surface area contributed by atoms with E-state index < -0.39 is 0 Å². The van der Waals surface area contributed by atoms with Crippen LogP contribution in [-0.4, -0.2) is 16.7 Å². The summed E-state index contributed by atoms with van der Waals surface area (Å²) in [7, 11) is 0. The van der Waals surface area contributed by atoms with E-state index in [0.29, 0.717) is 5.69 Å². The minimum Gasteiger partial charge on any atom is -0.324 e. The van der Waals surface area contributed by atoms with Crippen molar-refractivity contribution in [1.29, 1.82) is 0 Å². The van der Waals surface area contributed by atoms with Crippen LogP contribution in [0, 0.1) is 13.8 Å². The molecule has 1 N–H and O–H groups in total. The first-order valence-electron chi connectivity index (χ1n) is 7.78. The van der Waals surface area contributed by atoms with Crippen molar-refractivity contribution in [3.63, 3.8) is 0 Å². The number of nitrogens with one attached hydrogen (secondary N) is 1. The number of aromatic nitrogens is 1. The molecule has 122 valence electrons. The predicted octanol–water partition coefficient (Wildman–Crippen LogP) is 4.51. The van der Waals surface area contributed by atoms with Gasteiger partial charge in [0.2, 0.25) is 5.91 Å². The SMILES string of the molecule is Cc1cc(C(=O)CCC(=O)Nc2cccc3cccnc23)c(C)s1. The number of carbonyl (C=O) groups is 2. The van der Waals surface area contributed by atoms with Gasteiger partial charge < -0.3 is 5.32 Å². The van der Waals surface area contributed by atoms with Gasteiger partial charge in [0.05, 0.1) is 11.2 Å². The molecular formula is C19H18N2O2S. The molecule has 4 nitrogen and oxygen atoms in total. The number of benzene rings is 1. The van der Waals surface area contributed by atoms with Crippen LogP contribution in [0.2, 0.25) is 0 Å². The second-order valence-corrected chi connectivity index (χ2v) is 7.14. The fourth-order valence-electron chi connectivity index (χ4n) is 2.69. The molecule has 0 aliphatic carbocycles. The second kappa shape index (κ2) is 6.93. The highest BCUT2D eigenvalue weighted by molar-refractivity contribution is 7.12. The number of fused-ring (bicyclic) bond motifs is 1. The Morgan fingerprint density at radius 3 is 2.67 bits per heavy atom. The van der Waals surface area contributed by atoms with Crippen LogP contribution in [-0.2, 0) is 4.79 Å². The Kier molecular flexibility index (Phi) is 4.71. The highest BCUT2D eigenvalue weighted by Gasteiger charge is 2.14. The minimum atomic E-state index is -0.175. The monoisotopic (exact) mass is 338 g/mol. The van der Waals surface area contributed by atoms with Crippen LogP contribution in [0.4, 0.5) is 5.69 Å². The largest absolute Gasteiger partial charge is 0.324 e. The maximum absolute atomic E-state index is 12.3. The lowest BCUT2D eigenvalue weighted by Crippen LogP contribution is -2.14. The molecule has 2 heterocycles. The van der Waals surface area contributed by atoms with Gasteiger partial charge in [-0.2, -0.15) is 0 Å². The molecular weight excluding hydrogens is 320 g/mol. The number of anilines is 1. The van der Waals surface area contributed by atoms with Gasteiger partial charge in [-0.25, -0.2) is 0 Å². The lowest BCUT2D eigenvalue weighted by atomic mass is 10.1. The maximum atomic E-state index is 12.3. The Morgan fingerprint density at radius 2 is 1.92 bits per heavy atom. The zero-order valence-corrected chi connectivity index (χ0v) is 14.4. The summed E-state index contributed by atoms with van der Waals surface area (Å²) >= 11 is 1.61. The fraction of sp³-hybridized carbons (Fsp3) is 0.211. The molecule has 0 aliphatic rings. The topological polar surface area (TPSA) is 59.1 Å². The summed E-state index contributed by atoms with van der Waals surface area (Å²) in [6.45, 7) is 3.92. The molecule has 2 aromatic heterocycles. The van der Waals surface area contributed by atoms with Crippen LogP contribution < -0.4 is 5.32 Å². The van der Waals surface area contributed by atoms with Gasteiger partial charge in [-0.05, 0) is 32.0 Å². The van der Waals surface area contributed by atoms with Crippen molar-refractivity contribution in [2.45, 2.75) is 26.7 Å². The summed E-state index contributed by atoms with van der Waals surface area (Å²) in [5, 5.41) is 3.83. The minimum absolute atomic E-state index is 0.0167. The average Bonchev–Trinajstić information content (AvgIpc) is 2.91. The van der Waals surface area contributed by atoms with E-state index in [2.05, 4.69) is 10.3 Å². The first kappa shape index (κ1) is 16.3. The molecule has 1 amide bonds. The lowest BCUT2D eigenvalue weighted by Gasteiger charge is -2.07. The first-order chi connectivity index (χ1) is 11.5. The summed E-state index contributed by atoms with van der Waals surface area (Å²) in [6, 6.07) is 11.3. The van der Waals surface area contributed by atoms with E-state index >= 15 is 0 Å². The molecule has 1 aromatic carbocycles. The molecule has 0 atom stereocenters. The van der Waals surface area contributed by atoms with Gasteiger partial charge in [0.1, 0.15) is 0 Å². The molecule has 3 aromatic rings. The van der Waals surface area contributed by atoms with Gasteiger partial charge in [-0.3, -0.25) is 14.6 Å². The second-order valence-electron chi connectivity index (χ2n) is 5.68. The third-order valence-corrected chi connectivity index (χ3v) is 4.79. The van der Waals surface area contributed by atoms with Crippen LogP contribution in [0.1, 0.15) is 33.0 Å². The quantitative estimate of drug-likeness (QED) is 0.696. The predicted molar refractivity (Wildman–Crippen MR) is 97.7 cm³/mol. The smallest absolute Gasteiger partial charge is 0.224 e. The summed E-state index contributed by atoms with van der Waals surface area (Å²) in [5.74, 6) is -0.158. The molecule has 0 radical (unpaired) electrons. The van der Waals surface area contributed by atoms with E-state index in [-0.39, 0.29) is 24.5 Å². The molecule has 24 heavy (non-hydrogen) atoms. The summed E-state index contributed by atoms with van der Waals surface area (Å²) in [5.41, 5.74) is 2.16. The number of carbonyl (C=O) groups excluding carboxylic acids is 2. The molecule has 0 fully saturated rings. The molecule has 0 spiro atoms. The number of hydrogen-bond donors (Lipinski definition) is 1. The van der Waals surface area contributed by atoms with Gasteiger partial charge >= 0.3 is 0 Å². The van der Waals surface area contributed by atoms with E-state index in [4.69, 9.17) is 0 Å². The number of pyridine rings is 1. The number of hydrogen-bond acceptors (Lipinski definition) is 4. The normalized spacial score (nSPS) is 10.8. The van der Waals surface area contributed by atoms with Gasteiger partial charge in [0.25, 0.3) is 0 Å². The Labute approximate surface area is 144 Å². The first-order valence-corrected chi connectivity index (χ1v) is 8.60. The van der Waals surface area contributed by atoms with Gasteiger partial charge in [-0.1, -0.05) is 18.2 Å². The summed E-state index contributed by atoms with van der Waals surface area (Å²) in [6.07, 6.45) is 2.07. The number of aryl methyl sites for hydroxylation is 2. The molecule has 5 heteroatoms. The third-order valence-electron chi connectivity index (χ3n) is 3.83. The van der Waals surface area contributed by atoms with Crippen LogP contribution >= 0.6 is 11.3 Å². The number of amides is 1. The fourth-order valence-corrected chi connectivity index (χ4v) is 3.63. The average molecular weight is 338 g/mol. The van der Waals surface area contributed by atoms with Crippen LogP contribution in [0.15, 0.2) is 42.6 Å². The highest BCUT2D eigenvalue weighted by Crippen LogP contribution is 2.23. The van der Waals surface area contributed by atoms with E-state index in [1.54, 1.807) is 17.5 Å². The Morgan fingerprint density at radius 1 is 1.12 bits per heavy atom. The van der Waals surface area contributed by atoms with Crippen LogP contribution in [0.5, 0.6) is 0 Å². The van der Waals surface area contributed by atoms with E-state index in [0.717, 1.165) is 26.2 Å². The van der Waals surface area contributed by atoms with Crippen LogP contribution in [0.25, 0.3) is 10.9 Å². The molecule has 0 aliphatic heterocycles. The third kappa shape index (κ3) is 3.51. The number of thiophene rings is 1. The lowest BCUT2D eigenvalue weighted by molar-refractivity contribution is -0.116. The van der Waals surface area contributed by atoms with Crippen molar-refractivity contribution in [3.8, 4) is 0 Å². The van der Waals surface area contributed by atoms with Crippen molar-refractivity contribution in [2.75, 3.05) is 5.32 Å². The molecule has 3 rings (SSSR count). The molecule has 0 unspecified atom stereocenters. The zero-order valence-electron chi connectivity index (χ0n) is 13.6. The van der Waals surface area contributed by atoms with Gasteiger partial charge in [-0.15, -0.1) is 11.3 Å². The summed E-state index contributed by atoms with van der Waals surface area (Å²) < 4.78 is 0. The Bertz CT molecular complexity index is 909. The van der Waals surface area contributed by atoms with Crippen molar-refractivity contribution in [2.24, 2.45) is 0 Å². The van der Waals surface area contributed by atoms with Crippen LogP contribution in [0.3, 0.4) is 0 Å². The van der Waals surface area contributed by atoms with Crippen molar-refractivity contribution in [3.05, 3.63) is 57.9 Å². The van der Waals surface area contributed by atoms with Crippen molar-refractivity contribution in [1.82, 2.24) is 4.98 Å². The molecule has 0 saturated carbocycles. The number of rotatable bonds is 5. The van der Waals surface area contributed by atoms with Crippen molar-refractivity contribution < 1.29 is 9.59 Å². The maximum Gasteiger partial charge on any atom is 0.224 e. The molecule has 0 bridgehead atoms. The van der Waals surface area contributed by atoms with Gasteiger partial charge in [0.15, 0.2) is 5.78 Å². The van der Waals surface area contributed by atoms with E-state index in [1.807, 2.05) is 50.2 Å². The number of nitrogens with zero attached hydrogens (tertiary/aromatic N) is 1. The standard InChI is InChI=1S/C19H18N2O2S/c1-12-11-15(13(2)24-12)17(22)8-9-18(23)21-16-7-3-5-14-6-4-10-20-19(14)16/h3-7,10-11H,8-9H2,1-2H3,(H,21,23). The number of ketones is 1. The van der Waals surface area contributed by atoms with Gasteiger partial charge in [0, 0.05) is 39.7 Å². The van der Waals surface area contributed by atoms with E-state index in [9.17, 15) is 9.59 Å². The number of para-hydroxylation sites is 1. The zero-order chi connectivity index (χ0) is 17.1. The van der Waals surface area contributed by atoms with Crippen molar-refractivity contribution >= 4 is 39.6 Å². The molecule has 0 saturated heterocycles.